The third-order valence-corrected chi connectivity index (χ3v) is 2.14. The molecule has 60 valence electrons. The Labute approximate surface area is 63.8 Å². The Hall–Kier alpha value is -0.300. The molecular weight excluding hydrogens is 124 g/mol. The van der Waals surface area contributed by atoms with Crippen molar-refractivity contribution in [3.63, 3.8) is 0 Å². The highest BCUT2D eigenvalue weighted by Crippen LogP contribution is 2.15. The van der Waals surface area contributed by atoms with Crippen LogP contribution in [0.5, 0.6) is 0 Å². The molecule has 1 nitrogen and oxygen atoms in total. The first-order valence-corrected chi connectivity index (χ1v) is 3.94. The molecule has 0 saturated heterocycles. The van der Waals surface area contributed by atoms with Gasteiger partial charge in [0.1, 0.15) is 0 Å². The van der Waals surface area contributed by atoms with Crippen LogP contribution >= 0.6 is 0 Å². The molecule has 0 rings (SSSR count). The van der Waals surface area contributed by atoms with E-state index in [4.69, 9.17) is 0 Å². The summed E-state index contributed by atoms with van der Waals surface area (Å²) >= 11 is 0. The van der Waals surface area contributed by atoms with Gasteiger partial charge in [-0.05, 0) is 11.8 Å². The van der Waals surface area contributed by atoms with Crippen molar-refractivity contribution in [3.8, 4) is 0 Å². The first-order chi connectivity index (χ1) is 4.63. The van der Waals surface area contributed by atoms with E-state index in [9.17, 15) is 5.11 Å². The fraction of sp³-hybridized carbons (Fsp3) is 0.778. The zero-order valence-electron chi connectivity index (χ0n) is 7.17. The summed E-state index contributed by atoms with van der Waals surface area (Å²) in [6.07, 6.45) is 2.61. The van der Waals surface area contributed by atoms with Gasteiger partial charge in [-0.3, -0.25) is 0 Å². The molecule has 0 aliphatic rings. The quantitative estimate of drug-likeness (QED) is 0.597. The highest BCUT2D eigenvalue weighted by molar-refractivity contribution is 4.83. The summed E-state index contributed by atoms with van der Waals surface area (Å²) in [7, 11) is 0. The number of hydrogen-bond acceptors (Lipinski definition) is 1. The maximum Gasteiger partial charge on any atom is 0.0625 e. The van der Waals surface area contributed by atoms with Crippen LogP contribution in [0.15, 0.2) is 12.7 Å². The van der Waals surface area contributed by atoms with Crippen molar-refractivity contribution in [2.24, 2.45) is 11.8 Å². The molecule has 0 bridgehead atoms. The van der Waals surface area contributed by atoms with E-state index < -0.39 is 0 Å². The highest BCUT2D eigenvalue weighted by atomic mass is 16.3. The van der Waals surface area contributed by atoms with Gasteiger partial charge in [-0.2, -0.15) is 0 Å². The van der Waals surface area contributed by atoms with Crippen LogP contribution < -0.4 is 0 Å². The second-order valence-electron chi connectivity index (χ2n) is 2.97. The van der Waals surface area contributed by atoms with Gasteiger partial charge in [0.05, 0.1) is 6.10 Å². The third-order valence-electron chi connectivity index (χ3n) is 2.14. The third kappa shape index (κ3) is 2.53. The van der Waals surface area contributed by atoms with E-state index in [1.54, 1.807) is 6.08 Å². The predicted octanol–water partition coefficient (Wildman–Crippen LogP) is 2.22. The van der Waals surface area contributed by atoms with Crippen LogP contribution in [-0.2, 0) is 0 Å². The predicted molar refractivity (Wildman–Crippen MR) is 44.8 cm³/mol. The number of aliphatic hydroxyl groups is 1. The Kier molecular flexibility index (Phi) is 4.37. The lowest BCUT2D eigenvalue weighted by Crippen LogP contribution is -2.23. The van der Waals surface area contributed by atoms with Crippen molar-refractivity contribution < 1.29 is 5.11 Å². The minimum Gasteiger partial charge on any atom is -0.392 e. The van der Waals surface area contributed by atoms with E-state index in [0.29, 0.717) is 5.92 Å². The molecule has 0 aliphatic carbocycles. The van der Waals surface area contributed by atoms with Crippen LogP contribution in [0.1, 0.15) is 27.2 Å². The van der Waals surface area contributed by atoms with Gasteiger partial charge < -0.3 is 5.11 Å². The Balaban J connectivity index is 3.80. The molecule has 0 unspecified atom stereocenters. The van der Waals surface area contributed by atoms with Crippen LogP contribution in [0.3, 0.4) is 0 Å². The monoisotopic (exact) mass is 142 g/mol. The second-order valence-corrected chi connectivity index (χ2v) is 2.97. The van der Waals surface area contributed by atoms with Crippen LogP contribution in [0.25, 0.3) is 0 Å². The zero-order chi connectivity index (χ0) is 8.15. The molecule has 0 aliphatic heterocycles. The number of hydrogen-bond donors (Lipinski definition) is 1. The van der Waals surface area contributed by atoms with E-state index in [-0.39, 0.29) is 12.0 Å². The summed E-state index contributed by atoms with van der Waals surface area (Å²) in [6, 6.07) is 0. The molecule has 0 amide bonds. The molecule has 10 heavy (non-hydrogen) atoms. The Morgan fingerprint density at radius 1 is 1.50 bits per heavy atom. The van der Waals surface area contributed by atoms with Crippen molar-refractivity contribution in [1.82, 2.24) is 0 Å². The van der Waals surface area contributed by atoms with Gasteiger partial charge in [-0.15, -0.1) is 6.58 Å². The van der Waals surface area contributed by atoms with E-state index >= 15 is 0 Å². The minimum absolute atomic E-state index is 0.218. The molecule has 0 heterocycles. The van der Waals surface area contributed by atoms with Crippen molar-refractivity contribution in [2.45, 2.75) is 33.3 Å². The largest absolute Gasteiger partial charge is 0.392 e. The molecule has 0 aromatic carbocycles. The summed E-state index contributed by atoms with van der Waals surface area (Å²) in [5.41, 5.74) is 0. The van der Waals surface area contributed by atoms with Crippen LogP contribution in [-0.4, -0.2) is 11.2 Å². The van der Waals surface area contributed by atoms with E-state index in [2.05, 4.69) is 20.4 Å². The molecule has 3 atom stereocenters. The fourth-order valence-electron chi connectivity index (χ4n) is 0.899. The molecule has 1 N–H and O–H groups in total. The SMILES string of the molecule is C=C[C@H](C)[C@H](O)[C@@H](C)CC. The first-order valence-electron chi connectivity index (χ1n) is 3.94. The summed E-state index contributed by atoms with van der Waals surface area (Å²) in [6.45, 7) is 9.78. The number of rotatable bonds is 4. The van der Waals surface area contributed by atoms with E-state index in [0.717, 1.165) is 6.42 Å². The van der Waals surface area contributed by atoms with Crippen LogP contribution in [0.4, 0.5) is 0 Å². The Morgan fingerprint density at radius 2 is 2.00 bits per heavy atom. The van der Waals surface area contributed by atoms with Gasteiger partial charge in [0, 0.05) is 0 Å². The van der Waals surface area contributed by atoms with Gasteiger partial charge in [-0.25, -0.2) is 0 Å². The smallest absolute Gasteiger partial charge is 0.0625 e. The maximum absolute atomic E-state index is 9.51. The molecule has 0 aromatic heterocycles. The van der Waals surface area contributed by atoms with Gasteiger partial charge in [-0.1, -0.05) is 33.3 Å². The molecule has 0 saturated carbocycles. The standard InChI is InChI=1S/C9H18O/c1-5-7(3)9(10)8(4)6-2/h5,7-10H,1,6H2,2-4H3/t7-,8-,9-/m0/s1. The topological polar surface area (TPSA) is 20.2 Å². The molecule has 0 aromatic rings. The fourth-order valence-corrected chi connectivity index (χ4v) is 0.899. The van der Waals surface area contributed by atoms with Gasteiger partial charge in [0.25, 0.3) is 0 Å². The summed E-state index contributed by atoms with van der Waals surface area (Å²) in [5.74, 6) is 0.600. The minimum atomic E-state index is -0.220. The molecule has 0 radical (unpaired) electrons. The Morgan fingerprint density at radius 3 is 2.30 bits per heavy atom. The summed E-state index contributed by atoms with van der Waals surface area (Å²) in [4.78, 5) is 0. The van der Waals surface area contributed by atoms with Crippen molar-refractivity contribution in [2.75, 3.05) is 0 Å². The van der Waals surface area contributed by atoms with E-state index in [1.165, 1.54) is 0 Å². The molecule has 0 spiro atoms. The average molecular weight is 142 g/mol. The summed E-state index contributed by atoms with van der Waals surface area (Å²) in [5, 5.41) is 9.51. The van der Waals surface area contributed by atoms with Gasteiger partial charge >= 0.3 is 0 Å². The highest BCUT2D eigenvalue weighted by Gasteiger charge is 2.16. The zero-order valence-corrected chi connectivity index (χ0v) is 7.17. The molecule has 1 heteroatoms. The normalized spacial score (nSPS) is 19.6. The lowest BCUT2D eigenvalue weighted by Gasteiger charge is -2.20. The van der Waals surface area contributed by atoms with Crippen LogP contribution in [0.2, 0.25) is 0 Å². The number of aliphatic hydroxyl groups excluding tert-OH is 1. The molecular formula is C9H18O. The van der Waals surface area contributed by atoms with Crippen molar-refractivity contribution in [1.29, 1.82) is 0 Å². The second kappa shape index (κ2) is 4.51. The van der Waals surface area contributed by atoms with Crippen LogP contribution in [0, 0.1) is 11.8 Å². The first kappa shape index (κ1) is 9.70. The van der Waals surface area contributed by atoms with E-state index in [1.807, 2.05) is 6.92 Å². The van der Waals surface area contributed by atoms with Crippen molar-refractivity contribution in [3.05, 3.63) is 12.7 Å². The van der Waals surface area contributed by atoms with Crippen molar-refractivity contribution >= 4 is 0 Å². The van der Waals surface area contributed by atoms with Gasteiger partial charge in [0.2, 0.25) is 0 Å². The lowest BCUT2D eigenvalue weighted by molar-refractivity contribution is 0.0814. The lowest BCUT2D eigenvalue weighted by atomic mass is 9.92. The molecule has 0 fully saturated rings. The average Bonchev–Trinajstić information content (AvgIpc) is 2.00. The van der Waals surface area contributed by atoms with Gasteiger partial charge in [0.15, 0.2) is 0 Å². The maximum atomic E-state index is 9.51. The summed E-state index contributed by atoms with van der Waals surface area (Å²) < 4.78 is 0. The Bertz CT molecular complexity index is 98.9.